The van der Waals surface area contributed by atoms with Crippen LogP contribution in [0.4, 0.5) is 0 Å². The Kier molecular flexibility index (Phi) is 1.42. The van der Waals surface area contributed by atoms with Gasteiger partial charge in [-0.3, -0.25) is 9.89 Å². The standard InChI is InChI=1S/C13H7N3O/c17-12-9-4-2-1-3-8(9)11-10(12)5-7-6-14-16-13(7)15-11/h1-6H,(H,14,15,16). The summed E-state index contributed by atoms with van der Waals surface area (Å²) in [5.74, 6) is 0.0474. The van der Waals surface area contributed by atoms with Gasteiger partial charge in [0.2, 0.25) is 0 Å². The molecule has 2 heterocycles. The van der Waals surface area contributed by atoms with Gasteiger partial charge in [-0.05, 0) is 6.07 Å². The molecule has 1 aromatic carbocycles. The zero-order valence-electron chi connectivity index (χ0n) is 8.77. The SMILES string of the molecule is O=C1c2ccccc2-c2nc3[nH]ncc3cc21. The number of benzene rings is 1. The van der Waals surface area contributed by atoms with Gasteiger partial charge in [0, 0.05) is 22.1 Å². The van der Waals surface area contributed by atoms with Gasteiger partial charge in [0.05, 0.1) is 11.9 Å². The van der Waals surface area contributed by atoms with Crippen LogP contribution in [-0.4, -0.2) is 21.0 Å². The van der Waals surface area contributed by atoms with Gasteiger partial charge in [-0.2, -0.15) is 5.10 Å². The number of nitrogens with zero attached hydrogens (tertiary/aromatic N) is 2. The Balaban J connectivity index is 2.16. The molecule has 0 saturated heterocycles. The van der Waals surface area contributed by atoms with Crippen molar-refractivity contribution in [1.29, 1.82) is 0 Å². The lowest BCUT2D eigenvalue weighted by atomic mass is 10.1. The molecule has 17 heavy (non-hydrogen) atoms. The lowest BCUT2D eigenvalue weighted by Gasteiger charge is -1.97. The van der Waals surface area contributed by atoms with Crippen LogP contribution in [0.2, 0.25) is 0 Å². The monoisotopic (exact) mass is 221 g/mol. The van der Waals surface area contributed by atoms with E-state index in [0.717, 1.165) is 22.2 Å². The Morgan fingerprint density at radius 3 is 2.76 bits per heavy atom. The number of aromatic nitrogens is 3. The minimum atomic E-state index is 0.0474. The first-order valence-corrected chi connectivity index (χ1v) is 5.33. The van der Waals surface area contributed by atoms with Gasteiger partial charge in [0.1, 0.15) is 0 Å². The number of carbonyl (C=O) groups excluding carboxylic acids is 1. The number of fused-ring (bicyclic) bond motifs is 4. The topological polar surface area (TPSA) is 58.6 Å². The number of rotatable bonds is 0. The summed E-state index contributed by atoms with van der Waals surface area (Å²) in [5, 5.41) is 7.61. The summed E-state index contributed by atoms with van der Waals surface area (Å²) < 4.78 is 0. The molecule has 0 unspecified atom stereocenters. The van der Waals surface area contributed by atoms with E-state index in [1.54, 1.807) is 6.20 Å². The Bertz CT molecular complexity index is 773. The van der Waals surface area contributed by atoms with Crippen LogP contribution in [0.3, 0.4) is 0 Å². The van der Waals surface area contributed by atoms with Gasteiger partial charge in [-0.15, -0.1) is 0 Å². The van der Waals surface area contributed by atoms with Crippen molar-refractivity contribution in [2.24, 2.45) is 0 Å². The van der Waals surface area contributed by atoms with Crippen LogP contribution in [0.1, 0.15) is 15.9 Å². The van der Waals surface area contributed by atoms with Gasteiger partial charge in [-0.25, -0.2) is 4.98 Å². The van der Waals surface area contributed by atoms with Crippen molar-refractivity contribution in [1.82, 2.24) is 15.2 Å². The molecule has 1 aliphatic rings. The molecule has 1 N–H and O–H groups in total. The first-order valence-electron chi connectivity index (χ1n) is 5.33. The summed E-state index contributed by atoms with van der Waals surface area (Å²) >= 11 is 0. The maximum absolute atomic E-state index is 12.2. The van der Waals surface area contributed by atoms with Crippen molar-refractivity contribution >= 4 is 16.8 Å². The molecule has 0 amide bonds. The highest BCUT2D eigenvalue weighted by Crippen LogP contribution is 2.35. The van der Waals surface area contributed by atoms with Crippen LogP contribution in [0.5, 0.6) is 0 Å². The van der Waals surface area contributed by atoms with Gasteiger partial charge in [-0.1, -0.05) is 24.3 Å². The minimum Gasteiger partial charge on any atom is -0.289 e. The zero-order chi connectivity index (χ0) is 11.4. The largest absolute Gasteiger partial charge is 0.289 e. The van der Waals surface area contributed by atoms with Gasteiger partial charge >= 0.3 is 0 Å². The number of carbonyl (C=O) groups is 1. The van der Waals surface area contributed by atoms with Crippen molar-refractivity contribution in [2.45, 2.75) is 0 Å². The highest BCUT2D eigenvalue weighted by atomic mass is 16.1. The average molecular weight is 221 g/mol. The van der Waals surface area contributed by atoms with E-state index in [1.165, 1.54) is 0 Å². The number of nitrogens with one attached hydrogen (secondary N) is 1. The molecule has 4 nitrogen and oxygen atoms in total. The lowest BCUT2D eigenvalue weighted by Crippen LogP contribution is -1.95. The molecule has 0 spiro atoms. The Morgan fingerprint density at radius 1 is 1.06 bits per heavy atom. The van der Waals surface area contributed by atoms with Crippen LogP contribution in [0.25, 0.3) is 22.3 Å². The van der Waals surface area contributed by atoms with E-state index in [-0.39, 0.29) is 5.78 Å². The summed E-state index contributed by atoms with van der Waals surface area (Å²) in [6.07, 6.45) is 1.68. The molecule has 4 rings (SSSR count). The van der Waals surface area contributed by atoms with Crippen LogP contribution in [0, 0.1) is 0 Å². The fourth-order valence-corrected chi connectivity index (χ4v) is 2.29. The van der Waals surface area contributed by atoms with Crippen LogP contribution >= 0.6 is 0 Å². The number of aromatic amines is 1. The van der Waals surface area contributed by atoms with Crippen LogP contribution < -0.4 is 0 Å². The molecule has 0 bridgehead atoms. The second-order valence-electron chi connectivity index (χ2n) is 4.07. The molecule has 0 fully saturated rings. The summed E-state index contributed by atoms with van der Waals surface area (Å²) in [6.45, 7) is 0. The van der Waals surface area contributed by atoms with E-state index >= 15 is 0 Å². The Hall–Kier alpha value is -2.49. The highest BCUT2D eigenvalue weighted by Gasteiger charge is 2.28. The van der Waals surface area contributed by atoms with E-state index in [9.17, 15) is 4.79 Å². The fourth-order valence-electron chi connectivity index (χ4n) is 2.29. The van der Waals surface area contributed by atoms with Crippen molar-refractivity contribution in [3.8, 4) is 11.3 Å². The summed E-state index contributed by atoms with van der Waals surface area (Å²) in [4.78, 5) is 16.7. The van der Waals surface area contributed by atoms with E-state index in [4.69, 9.17) is 0 Å². The Morgan fingerprint density at radius 2 is 1.88 bits per heavy atom. The van der Waals surface area contributed by atoms with Crippen molar-refractivity contribution < 1.29 is 4.79 Å². The van der Waals surface area contributed by atoms with Gasteiger partial charge in [0.15, 0.2) is 11.4 Å². The van der Waals surface area contributed by atoms with Crippen molar-refractivity contribution in [3.63, 3.8) is 0 Å². The number of ketones is 1. The summed E-state index contributed by atoms with van der Waals surface area (Å²) in [7, 11) is 0. The van der Waals surface area contributed by atoms with Crippen molar-refractivity contribution in [3.05, 3.63) is 47.7 Å². The molecule has 0 aliphatic heterocycles. The van der Waals surface area contributed by atoms with Crippen LogP contribution in [0.15, 0.2) is 36.5 Å². The van der Waals surface area contributed by atoms with E-state index in [0.29, 0.717) is 11.2 Å². The van der Waals surface area contributed by atoms with E-state index in [1.807, 2.05) is 30.3 Å². The second kappa shape index (κ2) is 2.79. The molecule has 0 radical (unpaired) electrons. The molecule has 80 valence electrons. The maximum atomic E-state index is 12.2. The predicted molar refractivity (Wildman–Crippen MR) is 62.8 cm³/mol. The first-order chi connectivity index (χ1) is 8.34. The third-order valence-electron chi connectivity index (χ3n) is 3.10. The molecule has 2 aromatic heterocycles. The maximum Gasteiger partial charge on any atom is 0.195 e. The summed E-state index contributed by atoms with van der Waals surface area (Å²) in [6, 6.07) is 9.40. The predicted octanol–water partition coefficient (Wildman–Crippen LogP) is 2.17. The average Bonchev–Trinajstić information content (AvgIpc) is 2.92. The molecule has 4 heteroatoms. The number of pyridine rings is 1. The van der Waals surface area contributed by atoms with Crippen molar-refractivity contribution in [2.75, 3.05) is 0 Å². The quantitative estimate of drug-likeness (QED) is 0.495. The molecular weight excluding hydrogens is 214 g/mol. The first kappa shape index (κ1) is 8.64. The third-order valence-corrected chi connectivity index (χ3v) is 3.10. The molecule has 3 aromatic rings. The fraction of sp³-hybridized carbons (Fsp3) is 0. The smallest absolute Gasteiger partial charge is 0.195 e. The molecular formula is C13H7N3O. The van der Waals surface area contributed by atoms with E-state index in [2.05, 4.69) is 15.2 Å². The lowest BCUT2D eigenvalue weighted by molar-refractivity contribution is 0.104. The normalized spacial score (nSPS) is 12.8. The zero-order valence-corrected chi connectivity index (χ0v) is 8.77. The summed E-state index contributed by atoms with van der Waals surface area (Å²) in [5.41, 5.74) is 3.77. The third kappa shape index (κ3) is 0.990. The van der Waals surface area contributed by atoms with Gasteiger partial charge < -0.3 is 0 Å². The molecule has 1 aliphatic carbocycles. The van der Waals surface area contributed by atoms with Crippen LogP contribution in [-0.2, 0) is 0 Å². The second-order valence-corrected chi connectivity index (χ2v) is 4.07. The highest BCUT2D eigenvalue weighted by molar-refractivity contribution is 6.21. The Labute approximate surface area is 96.3 Å². The molecule has 0 saturated carbocycles. The minimum absolute atomic E-state index is 0.0474. The number of hydrogen-bond donors (Lipinski definition) is 1. The molecule has 0 atom stereocenters. The number of hydrogen-bond acceptors (Lipinski definition) is 3. The number of H-pyrrole nitrogens is 1. The van der Waals surface area contributed by atoms with E-state index < -0.39 is 0 Å². The van der Waals surface area contributed by atoms with Gasteiger partial charge in [0.25, 0.3) is 0 Å².